The molecule has 0 saturated carbocycles. The van der Waals surface area contributed by atoms with Crippen molar-refractivity contribution in [2.45, 2.75) is 63.5 Å². The summed E-state index contributed by atoms with van der Waals surface area (Å²) < 4.78 is 11.5. The number of anilines is 1. The van der Waals surface area contributed by atoms with E-state index in [9.17, 15) is 19.5 Å². The van der Waals surface area contributed by atoms with Gasteiger partial charge in [0.25, 0.3) is 5.91 Å². The van der Waals surface area contributed by atoms with Gasteiger partial charge < -0.3 is 34.6 Å². The maximum Gasteiger partial charge on any atom is 0.410 e. The van der Waals surface area contributed by atoms with Crippen molar-refractivity contribution in [3.05, 3.63) is 58.6 Å². The van der Waals surface area contributed by atoms with Crippen LogP contribution in [0.1, 0.15) is 49.7 Å². The Morgan fingerprint density at radius 2 is 1.62 bits per heavy atom. The molecule has 45 heavy (non-hydrogen) atoms. The number of hydrogen-bond acceptors (Lipinski definition) is 6. The summed E-state index contributed by atoms with van der Waals surface area (Å²) in [4.78, 5) is 45.7. The number of hydrogen-bond donors (Lipinski definition) is 2. The lowest BCUT2D eigenvalue weighted by Crippen LogP contribution is -2.51. The van der Waals surface area contributed by atoms with E-state index in [-0.39, 0.29) is 35.2 Å². The van der Waals surface area contributed by atoms with Crippen LogP contribution >= 0.6 is 11.6 Å². The van der Waals surface area contributed by atoms with Crippen LogP contribution in [0.15, 0.2) is 42.5 Å². The lowest BCUT2D eigenvalue weighted by molar-refractivity contribution is -0.142. The average Bonchev–Trinajstić information content (AvgIpc) is 3.24. The van der Waals surface area contributed by atoms with Gasteiger partial charge in [-0.15, -0.1) is 0 Å². The number of urea groups is 1. The molecule has 3 saturated heterocycles. The number of carbonyl (C=O) groups is 3. The molecule has 0 bridgehead atoms. The van der Waals surface area contributed by atoms with Crippen LogP contribution in [0.25, 0.3) is 0 Å². The van der Waals surface area contributed by atoms with Crippen LogP contribution in [0.5, 0.6) is 5.75 Å². The molecular weight excluding hydrogens is 596 g/mol. The first kappa shape index (κ1) is 31.5. The fourth-order valence-electron chi connectivity index (χ4n) is 7.35. The molecule has 4 heterocycles. The summed E-state index contributed by atoms with van der Waals surface area (Å²) in [6.07, 6.45) is 4.68. The Balaban J connectivity index is 1.07. The summed E-state index contributed by atoms with van der Waals surface area (Å²) >= 11 is 6.16. The number of rotatable bonds is 6. The summed E-state index contributed by atoms with van der Waals surface area (Å²) in [7, 11) is 0. The lowest BCUT2D eigenvalue weighted by atomic mass is 9.80. The van der Waals surface area contributed by atoms with E-state index in [2.05, 4.69) is 5.32 Å². The number of carbonyl (C=O) groups excluding carboxylic acids is 3. The number of nitrogens with one attached hydrogen (secondary N) is 1. The van der Waals surface area contributed by atoms with Gasteiger partial charge in [-0.25, -0.2) is 9.59 Å². The second kappa shape index (κ2) is 14.3. The molecule has 0 radical (unpaired) electrons. The number of piperidine rings is 2. The predicted molar refractivity (Wildman–Crippen MR) is 170 cm³/mol. The van der Waals surface area contributed by atoms with Crippen molar-refractivity contribution in [3.8, 4) is 5.75 Å². The Bertz CT molecular complexity index is 1370. The van der Waals surface area contributed by atoms with E-state index in [0.29, 0.717) is 63.0 Å². The first-order chi connectivity index (χ1) is 21.9. The van der Waals surface area contributed by atoms with E-state index in [1.165, 1.54) is 6.07 Å². The summed E-state index contributed by atoms with van der Waals surface area (Å²) in [6, 6.07) is 12.6. The summed E-state index contributed by atoms with van der Waals surface area (Å²) in [5.41, 5.74) is 2.67. The number of phenols is 1. The van der Waals surface area contributed by atoms with Crippen molar-refractivity contribution < 1.29 is 29.0 Å². The molecule has 1 atom stereocenters. The van der Waals surface area contributed by atoms with E-state index in [0.717, 1.165) is 56.6 Å². The van der Waals surface area contributed by atoms with Gasteiger partial charge in [0.05, 0.1) is 5.02 Å². The van der Waals surface area contributed by atoms with Crippen molar-refractivity contribution in [1.82, 2.24) is 14.7 Å². The molecule has 0 aliphatic carbocycles. The fraction of sp³-hybridized carbons (Fsp3) is 0.559. The monoisotopic (exact) mass is 638 g/mol. The molecule has 0 spiro atoms. The van der Waals surface area contributed by atoms with Crippen LogP contribution in [0.2, 0.25) is 5.02 Å². The number of fused-ring (bicyclic) bond motifs is 1. The normalized spacial score (nSPS) is 21.1. The van der Waals surface area contributed by atoms with Crippen LogP contribution in [0.3, 0.4) is 0 Å². The van der Waals surface area contributed by atoms with Gasteiger partial charge in [0.15, 0.2) is 6.10 Å². The molecule has 2 aromatic carbocycles. The number of amides is 4. The van der Waals surface area contributed by atoms with Crippen LogP contribution in [0.4, 0.5) is 15.3 Å². The summed E-state index contributed by atoms with van der Waals surface area (Å²) in [5, 5.41) is 13.1. The van der Waals surface area contributed by atoms with Gasteiger partial charge in [-0.1, -0.05) is 35.9 Å². The van der Waals surface area contributed by atoms with E-state index >= 15 is 0 Å². The second-order valence-corrected chi connectivity index (χ2v) is 13.1. The standard InChI is InChI=1S/C34H43ClN4O6/c35-28-21-23(5-6-30(28)40)22-31(32(41)37-14-7-24(8-15-37)25-12-19-44-20-13-25)45-34(43)38-16-10-27(11-17-38)39-18-9-26-3-1-2-4-29(26)36-33(39)42/h1-6,21,24-25,27,31,40H,7-20,22H2,(H,36,42)/t31-/m1/s1. The third-order valence-electron chi connectivity index (χ3n) is 10.0. The number of ether oxygens (including phenoxy) is 2. The molecular formula is C34H43ClN4O6. The Morgan fingerprint density at radius 3 is 2.36 bits per heavy atom. The number of benzene rings is 2. The second-order valence-electron chi connectivity index (χ2n) is 12.7. The molecule has 10 nitrogen and oxygen atoms in total. The minimum Gasteiger partial charge on any atom is -0.506 e. The molecule has 4 amide bonds. The number of nitrogens with zero attached hydrogens (tertiary/aromatic N) is 3. The van der Waals surface area contributed by atoms with Crippen molar-refractivity contribution >= 4 is 35.3 Å². The van der Waals surface area contributed by atoms with Crippen molar-refractivity contribution in [2.75, 3.05) is 51.3 Å². The molecule has 3 fully saturated rings. The zero-order valence-corrected chi connectivity index (χ0v) is 26.4. The van der Waals surface area contributed by atoms with Gasteiger partial charge in [-0.3, -0.25) is 4.79 Å². The van der Waals surface area contributed by atoms with Gasteiger partial charge in [-0.05, 0) is 86.1 Å². The minimum absolute atomic E-state index is 0.0111. The topological polar surface area (TPSA) is 112 Å². The molecule has 2 aromatic rings. The zero-order chi connectivity index (χ0) is 31.3. The van der Waals surface area contributed by atoms with Crippen molar-refractivity contribution in [3.63, 3.8) is 0 Å². The smallest absolute Gasteiger partial charge is 0.410 e. The number of likely N-dealkylation sites (tertiary alicyclic amines) is 2. The Hall–Kier alpha value is -3.50. The van der Waals surface area contributed by atoms with Crippen molar-refractivity contribution in [1.29, 1.82) is 0 Å². The van der Waals surface area contributed by atoms with E-state index < -0.39 is 12.2 Å². The molecule has 6 rings (SSSR count). The maximum atomic E-state index is 13.9. The molecule has 4 aliphatic heterocycles. The summed E-state index contributed by atoms with van der Waals surface area (Å²) in [6.45, 7) is 4.39. The number of halogens is 1. The van der Waals surface area contributed by atoms with Gasteiger partial charge in [-0.2, -0.15) is 0 Å². The molecule has 0 aromatic heterocycles. The van der Waals surface area contributed by atoms with E-state index in [4.69, 9.17) is 21.1 Å². The average molecular weight is 639 g/mol. The zero-order valence-electron chi connectivity index (χ0n) is 25.7. The minimum atomic E-state index is -1.01. The molecule has 2 N–H and O–H groups in total. The molecule has 4 aliphatic rings. The largest absolute Gasteiger partial charge is 0.506 e. The van der Waals surface area contributed by atoms with Crippen LogP contribution in [0, 0.1) is 11.8 Å². The quantitative estimate of drug-likeness (QED) is 0.444. The predicted octanol–water partition coefficient (Wildman–Crippen LogP) is 5.31. The first-order valence-corrected chi connectivity index (χ1v) is 16.7. The van der Waals surface area contributed by atoms with Gasteiger partial charge >= 0.3 is 12.1 Å². The molecule has 0 unspecified atom stereocenters. The third kappa shape index (κ3) is 7.49. The van der Waals surface area contributed by atoms with Crippen molar-refractivity contribution in [2.24, 2.45) is 11.8 Å². The van der Waals surface area contributed by atoms with Gasteiger partial charge in [0.1, 0.15) is 5.75 Å². The van der Waals surface area contributed by atoms with Crippen LogP contribution in [-0.4, -0.2) is 95.9 Å². The Morgan fingerprint density at radius 1 is 0.933 bits per heavy atom. The van der Waals surface area contributed by atoms with E-state index in [1.807, 2.05) is 34.1 Å². The number of para-hydroxylation sites is 1. The van der Waals surface area contributed by atoms with Gasteiger partial charge in [0.2, 0.25) is 0 Å². The SMILES string of the molecule is O=C(O[C@H](Cc1ccc(O)c(Cl)c1)C(=O)N1CCC(C2CCOCC2)CC1)N1CCC(N2CCc3ccccc3NC2=O)CC1. The van der Waals surface area contributed by atoms with Crippen LogP contribution < -0.4 is 5.32 Å². The highest BCUT2D eigenvalue weighted by molar-refractivity contribution is 6.32. The Kier molecular flexibility index (Phi) is 10.00. The summed E-state index contributed by atoms with van der Waals surface area (Å²) in [5.74, 6) is 0.980. The van der Waals surface area contributed by atoms with Gasteiger partial charge in [0, 0.05) is 64.1 Å². The fourth-order valence-corrected chi connectivity index (χ4v) is 7.55. The third-order valence-corrected chi connectivity index (χ3v) is 10.3. The Labute approximate surface area is 269 Å². The maximum absolute atomic E-state index is 13.9. The number of aromatic hydroxyl groups is 1. The highest BCUT2D eigenvalue weighted by Crippen LogP contribution is 2.33. The molecule has 11 heteroatoms. The highest BCUT2D eigenvalue weighted by Gasteiger charge is 2.36. The lowest BCUT2D eigenvalue weighted by Gasteiger charge is -2.39. The van der Waals surface area contributed by atoms with E-state index in [1.54, 1.807) is 17.0 Å². The molecule has 242 valence electrons. The highest BCUT2D eigenvalue weighted by atomic mass is 35.5. The first-order valence-electron chi connectivity index (χ1n) is 16.3. The van der Waals surface area contributed by atoms with Crippen LogP contribution in [-0.2, 0) is 27.1 Å². The number of phenolic OH excluding ortho intramolecular Hbond substituents is 1.